The largest absolute Gasteiger partial charge is 0.294 e. The SMILES string of the molecule is C=CC1=C(/C=C\C)C(=O)c2cc3c(cc21)C(=O)CCCC3. The minimum absolute atomic E-state index is 0.0393. The standard InChI is InChI=1S/C19H18O2/c1-3-7-14-13(4-2)16-11-15-12(10-17(16)19(14)21)8-5-6-9-18(15)20/h3-4,7,10-11H,2,5-6,8-9H2,1H3/b7-3-. The van der Waals surface area contributed by atoms with Crippen LogP contribution in [0, 0.1) is 0 Å². The van der Waals surface area contributed by atoms with E-state index in [-0.39, 0.29) is 11.6 Å². The van der Waals surface area contributed by atoms with Crippen LogP contribution in [0.5, 0.6) is 0 Å². The van der Waals surface area contributed by atoms with Crippen LogP contribution >= 0.6 is 0 Å². The smallest absolute Gasteiger partial charge is 0.194 e. The molecule has 2 aliphatic rings. The van der Waals surface area contributed by atoms with Gasteiger partial charge in [-0.3, -0.25) is 9.59 Å². The summed E-state index contributed by atoms with van der Waals surface area (Å²) in [4.78, 5) is 24.8. The van der Waals surface area contributed by atoms with Gasteiger partial charge in [0.2, 0.25) is 0 Å². The van der Waals surface area contributed by atoms with Gasteiger partial charge in [0.1, 0.15) is 0 Å². The fourth-order valence-electron chi connectivity index (χ4n) is 3.22. The monoisotopic (exact) mass is 278 g/mol. The minimum Gasteiger partial charge on any atom is -0.294 e. The average Bonchev–Trinajstić information content (AvgIpc) is 2.62. The first-order chi connectivity index (χ1) is 10.2. The van der Waals surface area contributed by atoms with Crippen LogP contribution in [0.25, 0.3) is 5.57 Å². The van der Waals surface area contributed by atoms with Gasteiger partial charge in [-0.05, 0) is 55.0 Å². The third-order valence-corrected chi connectivity index (χ3v) is 4.25. The van der Waals surface area contributed by atoms with Gasteiger partial charge >= 0.3 is 0 Å². The van der Waals surface area contributed by atoms with E-state index >= 15 is 0 Å². The van der Waals surface area contributed by atoms with Crippen molar-refractivity contribution >= 4 is 17.1 Å². The maximum Gasteiger partial charge on any atom is 0.194 e. The van der Waals surface area contributed by atoms with Crippen LogP contribution in [0.1, 0.15) is 58.0 Å². The van der Waals surface area contributed by atoms with Crippen LogP contribution in [0.2, 0.25) is 0 Å². The molecule has 2 heteroatoms. The first kappa shape index (κ1) is 13.7. The molecule has 21 heavy (non-hydrogen) atoms. The Kier molecular flexibility index (Phi) is 3.46. The summed E-state index contributed by atoms with van der Waals surface area (Å²) in [5.41, 5.74) is 4.90. The normalized spacial score (nSPS) is 18.0. The van der Waals surface area contributed by atoms with Crippen LogP contribution in [0.15, 0.2) is 42.5 Å². The summed E-state index contributed by atoms with van der Waals surface area (Å²) in [7, 11) is 0. The summed E-state index contributed by atoms with van der Waals surface area (Å²) in [6.07, 6.45) is 8.83. The van der Waals surface area contributed by atoms with Gasteiger partial charge in [-0.2, -0.15) is 0 Å². The molecule has 2 nitrogen and oxygen atoms in total. The van der Waals surface area contributed by atoms with Gasteiger partial charge in [0, 0.05) is 23.1 Å². The molecule has 0 unspecified atom stereocenters. The Hall–Kier alpha value is -2.22. The Balaban J connectivity index is 2.23. The molecule has 0 spiro atoms. The molecule has 0 saturated carbocycles. The van der Waals surface area contributed by atoms with Crippen LogP contribution in [-0.2, 0) is 6.42 Å². The molecule has 0 fully saturated rings. The number of ketones is 2. The highest BCUT2D eigenvalue weighted by Crippen LogP contribution is 2.37. The van der Waals surface area contributed by atoms with E-state index in [2.05, 4.69) is 6.58 Å². The number of Topliss-reactive ketones (excluding diaryl/α,β-unsaturated/α-hetero) is 2. The number of aryl methyl sites for hydroxylation is 1. The van der Waals surface area contributed by atoms with E-state index in [4.69, 9.17) is 0 Å². The lowest BCUT2D eigenvalue weighted by molar-refractivity contribution is 0.0980. The van der Waals surface area contributed by atoms with Gasteiger partial charge in [-0.25, -0.2) is 0 Å². The summed E-state index contributed by atoms with van der Waals surface area (Å²) >= 11 is 0. The highest BCUT2D eigenvalue weighted by atomic mass is 16.1. The minimum atomic E-state index is 0.0393. The van der Waals surface area contributed by atoms with E-state index in [0.717, 1.165) is 41.5 Å². The number of carbonyl (C=O) groups excluding carboxylic acids is 2. The number of rotatable bonds is 2. The molecule has 0 amide bonds. The van der Waals surface area contributed by atoms with Gasteiger partial charge in [0.25, 0.3) is 0 Å². The van der Waals surface area contributed by atoms with Crippen LogP contribution in [0.4, 0.5) is 0 Å². The van der Waals surface area contributed by atoms with Crippen LogP contribution in [-0.4, -0.2) is 11.6 Å². The van der Waals surface area contributed by atoms with E-state index in [1.165, 1.54) is 0 Å². The summed E-state index contributed by atoms with van der Waals surface area (Å²) in [5, 5.41) is 0. The zero-order valence-electron chi connectivity index (χ0n) is 12.2. The van der Waals surface area contributed by atoms with Crippen molar-refractivity contribution in [3.8, 4) is 0 Å². The second-order valence-corrected chi connectivity index (χ2v) is 5.55. The van der Waals surface area contributed by atoms with Crippen molar-refractivity contribution in [3.63, 3.8) is 0 Å². The Morgan fingerprint density at radius 1 is 1.00 bits per heavy atom. The third-order valence-electron chi connectivity index (χ3n) is 4.25. The molecule has 0 aliphatic heterocycles. The van der Waals surface area contributed by atoms with E-state index in [0.29, 0.717) is 17.6 Å². The zero-order chi connectivity index (χ0) is 15.0. The Bertz CT molecular complexity index is 717. The van der Waals surface area contributed by atoms with E-state index < -0.39 is 0 Å². The Morgan fingerprint density at radius 3 is 2.48 bits per heavy atom. The third kappa shape index (κ3) is 2.11. The van der Waals surface area contributed by atoms with Gasteiger partial charge in [0.05, 0.1) is 0 Å². The summed E-state index contributed by atoms with van der Waals surface area (Å²) in [5.74, 6) is 0.234. The molecule has 0 heterocycles. The molecule has 1 aromatic rings. The van der Waals surface area contributed by atoms with Crippen molar-refractivity contribution in [2.75, 3.05) is 0 Å². The van der Waals surface area contributed by atoms with Crippen LogP contribution in [0.3, 0.4) is 0 Å². The number of fused-ring (bicyclic) bond motifs is 2. The number of hydrogen-bond donors (Lipinski definition) is 0. The molecule has 3 rings (SSSR count). The molecule has 106 valence electrons. The number of allylic oxidation sites excluding steroid dienone is 5. The van der Waals surface area contributed by atoms with E-state index in [1.54, 1.807) is 6.08 Å². The number of benzene rings is 1. The summed E-state index contributed by atoms with van der Waals surface area (Å²) in [6.45, 7) is 5.72. The molecule has 0 N–H and O–H groups in total. The van der Waals surface area contributed by atoms with Crippen LogP contribution < -0.4 is 0 Å². The molecule has 2 aliphatic carbocycles. The first-order valence-electron chi connectivity index (χ1n) is 7.42. The van der Waals surface area contributed by atoms with Gasteiger partial charge in [-0.15, -0.1) is 0 Å². The first-order valence-corrected chi connectivity index (χ1v) is 7.42. The lowest BCUT2D eigenvalue weighted by Gasteiger charge is -2.09. The van der Waals surface area contributed by atoms with Crippen molar-refractivity contribution in [2.24, 2.45) is 0 Å². The second kappa shape index (κ2) is 5.28. The predicted molar refractivity (Wildman–Crippen MR) is 84.6 cm³/mol. The second-order valence-electron chi connectivity index (χ2n) is 5.55. The molecule has 0 aromatic heterocycles. The van der Waals surface area contributed by atoms with Gasteiger partial charge in [0.15, 0.2) is 11.6 Å². The maximum absolute atomic E-state index is 12.6. The van der Waals surface area contributed by atoms with Crippen molar-refractivity contribution < 1.29 is 9.59 Å². The fourth-order valence-corrected chi connectivity index (χ4v) is 3.22. The highest BCUT2D eigenvalue weighted by molar-refractivity contribution is 6.24. The molecule has 1 aromatic carbocycles. The lowest BCUT2D eigenvalue weighted by atomic mass is 9.94. The highest BCUT2D eigenvalue weighted by Gasteiger charge is 2.29. The lowest BCUT2D eigenvalue weighted by Crippen LogP contribution is -2.04. The van der Waals surface area contributed by atoms with Gasteiger partial charge < -0.3 is 0 Å². The fraction of sp³-hybridized carbons (Fsp3) is 0.263. The molecular weight excluding hydrogens is 260 g/mol. The van der Waals surface area contributed by atoms with Crippen molar-refractivity contribution in [1.29, 1.82) is 0 Å². The number of carbonyl (C=O) groups is 2. The molecule has 0 radical (unpaired) electrons. The number of hydrogen-bond acceptors (Lipinski definition) is 2. The van der Waals surface area contributed by atoms with Crippen molar-refractivity contribution in [1.82, 2.24) is 0 Å². The van der Waals surface area contributed by atoms with Crippen molar-refractivity contribution in [3.05, 3.63) is 64.8 Å². The van der Waals surface area contributed by atoms with E-state index in [9.17, 15) is 9.59 Å². The Labute approximate surface area is 124 Å². The summed E-state index contributed by atoms with van der Waals surface area (Å²) < 4.78 is 0. The topological polar surface area (TPSA) is 34.1 Å². The van der Waals surface area contributed by atoms with E-state index in [1.807, 2.05) is 31.2 Å². The molecule has 0 saturated heterocycles. The zero-order valence-corrected chi connectivity index (χ0v) is 12.2. The maximum atomic E-state index is 12.6. The molecule has 0 bridgehead atoms. The molecular formula is C19H18O2. The molecule has 0 atom stereocenters. The quantitative estimate of drug-likeness (QED) is 0.755. The Morgan fingerprint density at radius 2 is 1.76 bits per heavy atom. The van der Waals surface area contributed by atoms with Gasteiger partial charge in [-0.1, -0.05) is 24.8 Å². The summed E-state index contributed by atoms with van der Waals surface area (Å²) in [6, 6.07) is 3.83. The predicted octanol–water partition coefficient (Wildman–Crippen LogP) is 4.31. The van der Waals surface area contributed by atoms with Crippen molar-refractivity contribution in [2.45, 2.75) is 32.6 Å². The average molecular weight is 278 g/mol.